The van der Waals surface area contributed by atoms with Gasteiger partial charge in [0.15, 0.2) is 5.17 Å². The molecule has 0 aliphatic carbocycles. The van der Waals surface area contributed by atoms with E-state index in [2.05, 4.69) is 36.7 Å². The summed E-state index contributed by atoms with van der Waals surface area (Å²) < 4.78 is 0.995. The fraction of sp³-hybridized carbons (Fsp3) is 0.238. The molecule has 5 heteroatoms. The van der Waals surface area contributed by atoms with Gasteiger partial charge in [-0.3, -0.25) is 9.69 Å². The van der Waals surface area contributed by atoms with Gasteiger partial charge in [0.05, 0.1) is 10.6 Å². The van der Waals surface area contributed by atoms with E-state index in [-0.39, 0.29) is 11.9 Å². The fourth-order valence-corrected chi connectivity index (χ4v) is 4.12. The third-order valence-electron chi connectivity index (χ3n) is 4.27. The minimum Gasteiger partial charge on any atom is -0.284 e. The molecule has 0 bridgehead atoms. The van der Waals surface area contributed by atoms with Crippen LogP contribution in [0.3, 0.4) is 0 Å². The highest BCUT2D eigenvalue weighted by molar-refractivity contribution is 9.10. The second-order valence-corrected chi connectivity index (χ2v) is 8.25. The smallest absolute Gasteiger partial charge is 0.266 e. The lowest BCUT2D eigenvalue weighted by molar-refractivity contribution is -0.123. The molecule has 1 atom stereocenters. The second kappa shape index (κ2) is 8.23. The number of rotatable bonds is 4. The molecule has 1 aliphatic rings. The molecule has 1 amide bonds. The van der Waals surface area contributed by atoms with Gasteiger partial charge in [0.2, 0.25) is 0 Å². The molecular formula is C21H21BrN2OS. The van der Waals surface area contributed by atoms with Crippen molar-refractivity contribution in [2.75, 3.05) is 0 Å². The Labute approximate surface area is 167 Å². The van der Waals surface area contributed by atoms with Crippen LogP contribution in [-0.4, -0.2) is 22.0 Å². The molecule has 0 saturated carbocycles. The van der Waals surface area contributed by atoms with Crippen LogP contribution in [0.4, 0.5) is 5.69 Å². The Balaban J connectivity index is 1.98. The summed E-state index contributed by atoms with van der Waals surface area (Å²) in [5.41, 5.74) is 3.05. The van der Waals surface area contributed by atoms with Crippen LogP contribution in [0.1, 0.15) is 31.4 Å². The van der Waals surface area contributed by atoms with Crippen molar-refractivity contribution in [3.8, 4) is 0 Å². The average Bonchev–Trinajstić information content (AvgIpc) is 2.91. The molecule has 1 aliphatic heterocycles. The van der Waals surface area contributed by atoms with Crippen molar-refractivity contribution < 1.29 is 4.79 Å². The van der Waals surface area contributed by atoms with E-state index in [1.807, 2.05) is 59.5 Å². The molecule has 0 aromatic heterocycles. The third-order valence-corrected chi connectivity index (χ3v) is 5.75. The molecule has 2 aromatic carbocycles. The van der Waals surface area contributed by atoms with Crippen LogP contribution in [-0.2, 0) is 4.79 Å². The number of aliphatic imine (C=N–C) groups is 1. The molecule has 134 valence electrons. The van der Waals surface area contributed by atoms with Crippen LogP contribution in [0.2, 0.25) is 0 Å². The number of benzene rings is 2. The van der Waals surface area contributed by atoms with Crippen LogP contribution < -0.4 is 0 Å². The molecule has 1 saturated heterocycles. The molecule has 0 N–H and O–H groups in total. The first kappa shape index (κ1) is 18.9. The number of aryl methyl sites for hydroxylation is 1. The van der Waals surface area contributed by atoms with Crippen molar-refractivity contribution in [2.24, 2.45) is 4.99 Å². The first-order valence-electron chi connectivity index (χ1n) is 8.62. The van der Waals surface area contributed by atoms with Crippen LogP contribution >= 0.6 is 27.7 Å². The Morgan fingerprint density at radius 2 is 1.96 bits per heavy atom. The van der Waals surface area contributed by atoms with Crippen molar-refractivity contribution in [3.05, 3.63) is 69.0 Å². The van der Waals surface area contributed by atoms with Crippen LogP contribution in [0.25, 0.3) is 6.08 Å². The van der Waals surface area contributed by atoms with E-state index in [1.54, 1.807) is 0 Å². The molecule has 0 radical (unpaired) electrons. The normalized spacial score (nSPS) is 18.8. The lowest BCUT2D eigenvalue weighted by Gasteiger charge is -2.22. The van der Waals surface area contributed by atoms with E-state index in [9.17, 15) is 4.79 Å². The van der Waals surface area contributed by atoms with E-state index < -0.39 is 0 Å². The minimum atomic E-state index is 0.0233. The van der Waals surface area contributed by atoms with Crippen LogP contribution in [0.15, 0.2) is 62.9 Å². The average molecular weight is 429 g/mol. The van der Waals surface area contributed by atoms with E-state index in [4.69, 9.17) is 4.99 Å². The van der Waals surface area contributed by atoms with Gasteiger partial charge in [0.1, 0.15) is 0 Å². The first-order chi connectivity index (χ1) is 12.5. The molecule has 2 aromatic rings. The maximum Gasteiger partial charge on any atom is 0.266 e. The zero-order valence-electron chi connectivity index (χ0n) is 15.1. The summed E-state index contributed by atoms with van der Waals surface area (Å²) in [6.45, 7) is 6.20. The quantitative estimate of drug-likeness (QED) is 0.546. The number of thioether (sulfide) groups is 1. The lowest BCUT2D eigenvalue weighted by Crippen LogP contribution is -2.36. The molecular weight excluding hydrogens is 408 g/mol. The Hall–Kier alpha value is -1.85. The fourth-order valence-electron chi connectivity index (χ4n) is 2.61. The summed E-state index contributed by atoms with van der Waals surface area (Å²) in [4.78, 5) is 20.3. The van der Waals surface area contributed by atoms with Crippen LogP contribution in [0.5, 0.6) is 0 Å². The number of hydrogen-bond acceptors (Lipinski definition) is 3. The highest BCUT2D eigenvalue weighted by Gasteiger charge is 2.36. The molecule has 3 nitrogen and oxygen atoms in total. The maximum absolute atomic E-state index is 13.0. The number of amidine groups is 1. The van der Waals surface area contributed by atoms with E-state index >= 15 is 0 Å². The summed E-state index contributed by atoms with van der Waals surface area (Å²) in [6, 6.07) is 16.1. The number of carbonyl (C=O) groups is 1. The molecule has 26 heavy (non-hydrogen) atoms. The summed E-state index contributed by atoms with van der Waals surface area (Å²) in [5.74, 6) is 0.0233. The number of carbonyl (C=O) groups excluding carboxylic acids is 1. The van der Waals surface area contributed by atoms with Crippen LogP contribution in [0, 0.1) is 6.92 Å². The number of hydrogen-bond donors (Lipinski definition) is 0. The van der Waals surface area contributed by atoms with Gasteiger partial charge >= 0.3 is 0 Å². The first-order valence-corrected chi connectivity index (χ1v) is 10.2. The van der Waals surface area contributed by atoms with E-state index in [0.717, 1.165) is 27.3 Å². The maximum atomic E-state index is 13.0. The lowest BCUT2D eigenvalue weighted by atomic mass is 10.2. The Kier molecular flexibility index (Phi) is 5.99. The summed E-state index contributed by atoms with van der Waals surface area (Å²) in [7, 11) is 0. The Morgan fingerprint density at radius 1 is 1.23 bits per heavy atom. The predicted molar refractivity (Wildman–Crippen MR) is 115 cm³/mol. The van der Waals surface area contributed by atoms with Gasteiger partial charge in [0.25, 0.3) is 5.91 Å². The van der Waals surface area contributed by atoms with Crippen molar-refractivity contribution in [1.29, 1.82) is 0 Å². The van der Waals surface area contributed by atoms with Gasteiger partial charge in [-0.1, -0.05) is 52.7 Å². The van der Waals surface area contributed by atoms with Gasteiger partial charge in [0, 0.05) is 10.5 Å². The molecule has 0 unspecified atom stereocenters. The molecule has 1 heterocycles. The Morgan fingerprint density at radius 3 is 2.62 bits per heavy atom. The second-order valence-electron chi connectivity index (χ2n) is 6.33. The monoisotopic (exact) mass is 428 g/mol. The SMILES string of the molecule is CC[C@H](C)N1C(=O)/C(=C\c2cccc(Br)c2)SC1=Nc1ccc(C)cc1. The standard InChI is InChI=1S/C21H21BrN2OS/c1-4-15(3)24-20(25)19(13-16-6-5-7-17(22)12-16)26-21(24)23-18-10-8-14(2)9-11-18/h5-13,15H,4H2,1-3H3/b19-13+,23-21?/t15-/m0/s1. The topological polar surface area (TPSA) is 32.7 Å². The Bertz CT molecular complexity index is 874. The van der Waals surface area contributed by atoms with Crippen molar-refractivity contribution in [3.63, 3.8) is 0 Å². The van der Waals surface area contributed by atoms with Gasteiger partial charge in [-0.25, -0.2) is 4.99 Å². The number of nitrogens with zero attached hydrogens (tertiary/aromatic N) is 2. The van der Waals surface area contributed by atoms with Crippen molar-refractivity contribution in [2.45, 2.75) is 33.2 Å². The van der Waals surface area contributed by atoms with Crippen molar-refractivity contribution in [1.82, 2.24) is 4.90 Å². The third kappa shape index (κ3) is 4.27. The number of halogens is 1. The summed E-state index contributed by atoms with van der Waals surface area (Å²) >= 11 is 4.92. The molecule has 3 rings (SSSR count). The zero-order valence-corrected chi connectivity index (χ0v) is 17.5. The van der Waals surface area contributed by atoms with Gasteiger partial charge in [-0.15, -0.1) is 0 Å². The highest BCUT2D eigenvalue weighted by Crippen LogP contribution is 2.36. The minimum absolute atomic E-state index is 0.0233. The van der Waals surface area contributed by atoms with E-state index in [0.29, 0.717) is 4.91 Å². The summed E-state index contributed by atoms with van der Waals surface area (Å²) in [6.07, 6.45) is 2.81. The molecule has 1 fully saturated rings. The largest absolute Gasteiger partial charge is 0.284 e. The summed E-state index contributed by atoms with van der Waals surface area (Å²) in [5, 5.41) is 0.745. The van der Waals surface area contributed by atoms with Gasteiger partial charge in [-0.05, 0) is 67.9 Å². The van der Waals surface area contributed by atoms with Crippen molar-refractivity contribution >= 4 is 50.5 Å². The predicted octanol–water partition coefficient (Wildman–Crippen LogP) is 6.16. The van der Waals surface area contributed by atoms with Gasteiger partial charge < -0.3 is 0 Å². The highest BCUT2D eigenvalue weighted by atomic mass is 79.9. The van der Waals surface area contributed by atoms with E-state index in [1.165, 1.54) is 17.3 Å². The molecule has 0 spiro atoms. The zero-order chi connectivity index (χ0) is 18.7. The van der Waals surface area contributed by atoms with Gasteiger partial charge in [-0.2, -0.15) is 0 Å². The number of amides is 1.